The van der Waals surface area contributed by atoms with Crippen molar-refractivity contribution in [2.75, 3.05) is 40.4 Å². The topological polar surface area (TPSA) is 76.0 Å². The molecule has 1 aromatic heterocycles. The highest BCUT2D eigenvalue weighted by molar-refractivity contribution is 9.10. The van der Waals surface area contributed by atoms with E-state index in [1.807, 2.05) is 54.0 Å². The molecule has 41 heavy (non-hydrogen) atoms. The maximum atomic E-state index is 14.2. The molecule has 3 heterocycles. The molecule has 220 valence electrons. The van der Waals surface area contributed by atoms with Crippen molar-refractivity contribution in [2.45, 2.75) is 52.2 Å². The fourth-order valence-corrected chi connectivity index (χ4v) is 7.02. The van der Waals surface area contributed by atoms with Gasteiger partial charge in [0.25, 0.3) is 5.91 Å². The normalized spacial score (nSPS) is 23.0. The van der Waals surface area contributed by atoms with Gasteiger partial charge in [0.1, 0.15) is 22.7 Å². The molecule has 0 saturated carbocycles. The van der Waals surface area contributed by atoms with E-state index in [0.29, 0.717) is 42.1 Å². The van der Waals surface area contributed by atoms with Crippen LogP contribution in [0.15, 0.2) is 46.9 Å². The van der Waals surface area contributed by atoms with Gasteiger partial charge in [-0.15, -0.1) is 0 Å². The Labute approximate surface area is 251 Å². The largest absolute Gasteiger partial charge is 0.497 e. The number of halogens is 1. The number of fused-ring (bicyclic) bond motifs is 3. The van der Waals surface area contributed by atoms with E-state index >= 15 is 0 Å². The van der Waals surface area contributed by atoms with Gasteiger partial charge in [-0.25, -0.2) is 0 Å². The molecule has 3 atom stereocenters. The van der Waals surface area contributed by atoms with Crippen LogP contribution in [0.3, 0.4) is 0 Å². The minimum Gasteiger partial charge on any atom is -0.497 e. The van der Waals surface area contributed by atoms with Gasteiger partial charge in [0.05, 0.1) is 32.8 Å². The van der Waals surface area contributed by atoms with E-state index in [4.69, 9.17) is 9.47 Å². The van der Waals surface area contributed by atoms with Crippen LogP contribution < -0.4 is 14.8 Å². The first kappa shape index (κ1) is 29.5. The predicted molar refractivity (Wildman–Crippen MR) is 164 cm³/mol. The monoisotopic (exact) mass is 624 g/mol. The summed E-state index contributed by atoms with van der Waals surface area (Å²) in [5.41, 5.74) is 1.13. The van der Waals surface area contributed by atoms with Crippen LogP contribution in [-0.2, 0) is 17.9 Å². The van der Waals surface area contributed by atoms with Gasteiger partial charge >= 0.3 is 0 Å². The lowest BCUT2D eigenvalue weighted by Crippen LogP contribution is -2.63. The van der Waals surface area contributed by atoms with Crippen LogP contribution >= 0.6 is 15.9 Å². The number of carbonyl (C=O) groups excluding carboxylic acids is 2. The molecule has 1 N–H and O–H groups in total. The number of hydrogen-bond donors (Lipinski definition) is 1. The van der Waals surface area contributed by atoms with Gasteiger partial charge in [-0.05, 0) is 74.5 Å². The summed E-state index contributed by atoms with van der Waals surface area (Å²) < 4.78 is 13.9. The van der Waals surface area contributed by atoms with E-state index in [1.54, 1.807) is 19.1 Å². The van der Waals surface area contributed by atoms with Crippen LogP contribution in [0.5, 0.6) is 11.5 Å². The number of benzene rings is 2. The molecule has 0 spiro atoms. The minimum atomic E-state index is -1.12. The van der Waals surface area contributed by atoms with Crippen molar-refractivity contribution in [3.8, 4) is 11.5 Å². The minimum absolute atomic E-state index is 0.157. The van der Waals surface area contributed by atoms with E-state index in [2.05, 4.69) is 40.0 Å². The van der Waals surface area contributed by atoms with Gasteiger partial charge in [0, 0.05) is 41.1 Å². The van der Waals surface area contributed by atoms with Crippen molar-refractivity contribution in [2.24, 2.45) is 11.8 Å². The molecule has 0 radical (unpaired) electrons. The van der Waals surface area contributed by atoms with Crippen molar-refractivity contribution in [3.05, 3.63) is 58.2 Å². The summed E-state index contributed by atoms with van der Waals surface area (Å²) in [6, 6.07) is 13.4. The highest BCUT2D eigenvalue weighted by Gasteiger charge is 2.48. The van der Waals surface area contributed by atoms with Crippen LogP contribution in [0, 0.1) is 11.8 Å². The fraction of sp³-hybridized carbons (Fsp3) is 0.500. The molecule has 3 unspecified atom stereocenters. The van der Waals surface area contributed by atoms with Crippen LogP contribution in [0.2, 0.25) is 0 Å². The van der Waals surface area contributed by atoms with Crippen molar-refractivity contribution < 1.29 is 19.1 Å². The second kappa shape index (κ2) is 12.1. The maximum Gasteiger partial charge on any atom is 0.271 e. The Bertz CT molecular complexity index is 1430. The first-order valence-corrected chi connectivity index (χ1v) is 15.2. The molecular weight excluding hydrogens is 584 g/mol. The molecule has 5 rings (SSSR count). The standard InChI is InChI=1S/C32H41BrN4O4/c1-21-13-22(2)18-35(17-21)12-6-11-34-31(39)32(3)20-36-27-16-26(40-4)9-7-23(27)15-28(36)30(38)37(32)19-24-14-25(33)8-10-29(24)41-5/h7-10,14-16,21-22H,6,11-13,17-20H2,1-5H3,(H,34,39). The van der Waals surface area contributed by atoms with Crippen molar-refractivity contribution >= 4 is 38.6 Å². The average molecular weight is 626 g/mol. The molecule has 2 aliphatic heterocycles. The molecule has 2 amide bonds. The van der Waals surface area contributed by atoms with Gasteiger partial charge in [-0.3, -0.25) is 9.59 Å². The Morgan fingerprint density at radius 2 is 1.83 bits per heavy atom. The molecule has 9 heteroatoms. The molecular formula is C32H41BrN4O4. The summed E-state index contributed by atoms with van der Waals surface area (Å²) in [6.45, 7) is 10.8. The lowest BCUT2D eigenvalue weighted by molar-refractivity contribution is -0.133. The summed E-state index contributed by atoms with van der Waals surface area (Å²) in [4.78, 5) is 32.4. The first-order chi connectivity index (χ1) is 19.6. The van der Waals surface area contributed by atoms with E-state index in [0.717, 1.165) is 47.0 Å². The van der Waals surface area contributed by atoms with E-state index < -0.39 is 5.54 Å². The molecule has 2 aliphatic rings. The number of aromatic nitrogens is 1. The van der Waals surface area contributed by atoms with Gasteiger partial charge in [-0.2, -0.15) is 0 Å². The summed E-state index contributed by atoms with van der Waals surface area (Å²) in [7, 11) is 3.24. The van der Waals surface area contributed by atoms with Crippen molar-refractivity contribution in [1.29, 1.82) is 0 Å². The van der Waals surface area contributed by atoms with Gasteiger partial charge in [0.15, 0.2) is 0 Å². The number of nitrogens with one attached hydrogen (secondary N) is 1. The lowest BCUT2D eigenvalue weighted by atomic mass is 9.92. The molecule has 0 aliphatic carbocycles. The molecule has 1 fully saturated rings. The smallest absolute Gasteiger partial charge is 0.271 e. The van der Waals surface area contributed by atoms with Crippen LogP contribution in [0.25, 0.3) is 10.9 Å². The number of rotatable bonds is 9. The van der Waals surface area contributed by atoms with Gasteiger partial charge < -0.3 is 29.2 Å². The molecule has 0 bridgehead atoms. The maximum absolute atomic E-state index is 14.2. The summed E-state index contributed by atoms with van der Waals surface area (Å²) in [6.07, 6.45) is 2.14. The third kappa shape index (κ3) is 5.97. The summed E-state index contributed by atoms with van der Waals surface area (Å²) >= 11 is 3.55. The third-order valence-electron chi connectivity index (χ3n) is 8.58. The average Bonchev–Trinajstić information content (AvgIpc) is 3.30. The first-order valence-electron chi connectivity index (χ1n) is 14.4. The van der Waals surface area contributed by atoms with Crippen molar-refractivity contribution in [3.63, 3.8) is 0 Å². The quantitative estimate of drug-likeness (QED) is 0.326. The zero-order chi connectivity index (χ0) is 29.3. The number of amides is 2. The van der Waals surface area contributed by atoms with E-state index in [1.165, 1.54) is 6.42 Å². The Hall–Kier alpha value is -3.04. The van der Waals surface area contributed by atoms with Crippen molar-refractivity contribution in [1.82, 2.24) is 19.7 Å². The van der Waals surface area contributed by atoms with E-state index in [-0.39, 0.29) is 18.4 Å². The number of methoxy groups -OCH3 is 2. The Kier molecular flexibility index (Phi) is 8.66. The second-order valence-corrected chi connectivity index (χ2v) is 12.9. The number of likely N-dealkylation sites (tertiary alicyclic amines) is 1. The second-order valence-electron chi connectivity index (χ2n) is 12.0. The van der Waals surface area contributed by atoms with Crippen LogP contribution in [0.1, 0.15) is 49.7 Å². The molecule has 1 saturated heterocycles. The molecule has 3 aromatic rings. The highest BCUT2D eigenvalue weighted by Crippen LogP contribution is 2.36. The third-order valence-corrected chi connectivity index (χ3v) is 9.07. The van der Waals surface area contributed by atoms with E-state index in [9.17, 15) is 9.59 Å². The number of hydrogen-bond acceptors (Lipinski definition) is 5. The van der Waals surface area contributed by atoms with Crippen LogP contribution in [0.4, 0.5) is 0 Å². The Morgan fingerprint density at radius 1 is 1.07 bits per heavy atom. The number of ether oxygens (including phenoxy) is 2. The van der Waals surface area contributed by atoms with Gasteiger partial charge in [-0.1, -0.05) is 29.8 Å². The lowest BCUT2D eigenvalue weighted by Gasteiger charge is -2.44. The zero-order valence-corrected chi connectivity index (χ0v) is 26.3. The highest BCUT2D eigenvalue weighted by atomic mass is 79.9. The predicted octanol–water partition coefficient (Wildman–Crippen LogP) is 5.32. The Balaban J connectivity index is 1.42. The SMILES string of the molecule is COc1ccc2cc3n(c2c1)CC(C)(C(=O)NCCCN1CC(C)CC(C)C1)N(Cc1cc(Br)ccc1OC)C3=O. The number of piperidine rings is 1. The summed E-state index contributed by atoms with van der Waals surface area (Å²) in [5.74, 6) is 2.43. The Morgan fingerprint density at radius 3 is 2.54 bits per heavy atom. The van der Waals surface area contributed by atoms with Crippen LogP contribution in [-0.4, -0.2) is 72.1 Å². The van der Waals surface area contributed by atoms with Gasteiger partial charge in [0.2, 0.25) is 5.91 Å². The fourth-order valence-electron chi connectivity index (χ4n) is 6.62. The summed E-state index contributed by atoms with van der Waals surface area (Å²) in [5, 5.41) is 4.12. The number of carbonyl (C=O) groups is 2. The number of nitrogens with zero attached hydrogens (tertiary/aromatic N) is 3. The zero-order valence-electron chi connectivity index (χ0n) is 24.7. The molecule has 8 nitrogen and oxygen atoms in total. The molecule has 2 aromatic carbocycles.